The Kier molecular flexibility index (Phi) is 5.19. The minimum Gasteiger partial charge on any atom is -0.323 e. The maximum Gasteiger partial charge on any atom is 0.321 e. The van der Waals surface area contributed by atoms with Crippen molar-refractivity contribution in [2.45, 2.75) is 25.0 Å². The number of sulfonamides is 1. The molecule has 1 aliphatic rings. The molecule has 3 N–H and O–H groups in total. The van der Waals surface area contributed by atoms with Crippen LogP contribution in [0.1, 0.15) is 18.5 Å². The number of aromatic nitrogens is 2. The Morgan fingerprint density at radius 3 is 2.65 bits per heavy atom. The second kappa shape index (κ2) is 7.38. The standard InChI is InChI=1S/C17H21N5O3S/c1-12-8-9-19-16(20-12)13-4-6-14(7-5-13)21-17(23)22-10-2-3-15(11-22)26(18,24)25/h4-9,15H,2-3,10-11H2,1H3,(H,21,23)(H2,18,24,25)/t15-/m0/s1. The van der Waals surface area contributed by atoms with Crippen LogP contribution in [0.25, 0.3) is 11.4 Å². The predicted octanol–water partition coefficient (Wildman–Crippen LogP) is 1.74. The van der Waals surface area contributed by atoms with Crippen LogP contribution in [0.3, 0.4) is 0 Å². The minimum absolute atomic E-state index is 0.111. The molecule has 1 atom stereocenters. The van der Waals surface area contributed by atoms with Gasteiger partial charge in [0.1, 0.15) is 0 Å². The number of likely N-dealkylation sites (tertiary alicyclic amines) is 1. The maximum atomic E-state index is 12.4. The van der Waals surface area contributed by atoms with E-state index in [9.17, 15) is 13.2 Å². The summed E-state index contributed by atoms with van der Waals surface area (Å²) in [5.74, 6) is 0.620. The fraction of sp³-hybridized carbons (Fsp3) is 0.353. The molecular formula is C17H21N5O3S. The molecule has 0 radical (unpaired) electrons. The molecule has 8 nitrogen and oxygen atoms in total. The van der Waals surface area contributed by atoms with Gasteiger partial charge in [-0.05, 0) is 50.1 Å². The fourth-order valence-corrected chi connectivity index (χ4v) is 3.77. The molecule has 26 heavy (non-hydrogen) atoms. The van der Waals surface area contributed by atoms with Crippen LogP contribution in [0.2, 0.25) is 0 Å². The highest BCUT2D eigenvalue weighted by molar-refractivity contribution is 7.89. The van der Waals surface area contributed by atoms with Crippen LogP contribution in [0.4, 0.5) is 10.5 Å². The Bertz CT molecular complexity index is 899. The highest BCUT2D eigenvalue weighted by atomic mass is 32.2. The van der Waals surface area contributed by atoms with Crippen molar-refractivity contribution in [3.8, 4) is 11.4 Å². The van der Waals surface area contributed by atoms with E-state index in [0.717, 1.165) is 11.3 Å². The zero-order valence-electron chi connectivity index (χ0n) is 14.4. The van der Waals surface area contributed by atoms with E-state index in [0.29, 0.717) is 30.9 Å². The molecule has 3 rings (SSSR count). The van der Waals surface area contributed by atoms with E-state index >= 15 is 0 Å². The van der Waals surface area contributed by atoms with Gasteiger partial charge < -0.3 is 10.2 Å². The summed E-state index contributed by atoms with van der Waals surface area (Å²) in [6, 6.07) is 8.67. The molecule has 2 aromatic rings. The number of aryl methyl sites for hydroxylation is 1. The number of nitrogens with two attached hydrogens (primary N) is 1. The molecule has 2 amide bonds. The number of carbonyl (C=O) groups is 1. The Morgan fingerprint density at radius 2 is 2.00 bits per heavy atom. The number of carbonyl (C=O) groups excluding carboxylic acids is 1. The van der Waals surface area contributed by atoms with Crippen molar-refractivity contribution in [2.24, 2.45) is 5.14 Å². The third-order valence-corrected chi connectivity index (χ3v) is 5.63. The predicted molar refractivity (Wildman–Crippen MR) is 98.9 cm³/mol. The van der Waals surface area contributed by atoms with Crippen LogP contribution in [-0.2, 0) is 10.0 Å². The van der Waals surface area contributed by atoms with Crippen molar-refractivity contribution in [1.82, 2.24) is 14.9 Å². The Hall–Kier alpha value is -2.52. The summed E-state index contributed by atoms with van der Waals surface area (Å²) in [5.41, 5.74) is 2.34. The summed E-state index contributed by atoms with van der Waals surface area (Å²) in [5, 5.41) is 7.29. The van der Waals surface area contributed by atoms with E-state index < -0.39 is 15.3 Å². The van der Waals surface area contributed by atoms with E-state index in [1.807, 2.05) is 25.1 Å². The number of piperidine rings is 1. The molecule has 1 aromatic carbocycles. The summed E-state index contributed by atoms with van der Waals surface area (Å²) < 4.78 is 23.0. The van der Waals surface area contributed by atoms with E-state index in [-0.39, 0.29) is 12.6 Å². The molecule has 9 heteroatoms. The third kappa shape index (κ3) is 4.36. The van der Waals surface area contributed by atoms with Gasteiger partial charge in [-0.25, -0.2) is 28.3 Å². The molecule has 1 aromatic heterocycles. The second-order valence-electron chi connectivity index (χ2n) is 6.33. The lowest BCUT2D eigenvalue weighted by molar-refractivity contribution is 0.200. The number of anilines is 1. The van der Waals surface area contributed by atoms with Crippen molar-refractivity contribution in [3.63, 3.8) is 0 Å². The number of nitrogens with zero attached hydrogens (tertiary/aromatic N) is 3. The van der Waals surface area contributed by atoms with Crippen molar-refractivity contribution >= 4 is 21.7 Å². The maximum absolute atomic E-state index is 12.4. The average molecular weight is 375 g/mol. The normalized spacial score (nSPS) is 17.8. The first-order valence-electron chi connectivity index (χ1n) is 8.30. The third-order valence-electron chi connectivity index (χ3n) is 4.32. The summed E-state index contributed by atoms with van der Waals surface area (Å²) in [7, 11) is -3.64. The van der Waals surface area contributed by atoms with Crippen LogP contribution < -0.4 is 10.5 Å². The SMILES string of the molecule is Cc1ccnc(-c2ccc(NC(=O)N3CCC[C@H](S(N)(=O)=O)C3)cc2)n1. The van der Waals surface area contributed by atoms with E-state index in [4.69, 9.17) is 5.14 Å². The summed E-state index contributed by atoms with van der Waals surface area (Å²) in [4.78, 5) is 22.5. The number of nitrogens with one attached hydrogen (secondary N) is 1. The van der Waals surface area contributed by atoms with Crippen molar-refractivity contribution < 1.29 is 13.2 Å². The molecule has 1 aliphatic heterocycles. The van der Waals surface area contributed by atoms with Crippen molar-refractivity contribution in [2.75, 3.05) is 18.4 Å². The number of hydrogen-bond acceptors (Lipinski definition) is 5. The fourth-order valence-electron chi connectivity index (χ4n) is 2.88. The molecule has 138 valence electrons. The van der Waals surface area contributed by atoms with Crippen molar-refractivity contribution in [1.29, 1.82) is 0 Å². The molecule has 0 saturated carbocycles. The molecule has 0 unspecified atom stereocenters. The first kappa shape index (κ1) is 18.3. The Morgan fingerprint density at radius 1 is 1.27 bits per heavy atom. The first-order chi connectivity index (χ1) is 12.3. The van der Waals surface area contributed by atoms with Gasteiger partial charge in [0.05, 0.1) is 5.25 Å². The lowest BCUT2D eigenvalue weighted by Crippen LogP contribution is -2.48. The molecular weight excluding hydrogens is 354 g/mol. The van der Waals surface area contributed by atoms with Crippen LogP contribution in [0.15, 0.2) is 36.5 Å². The van der Waals surface area contributed by atoms with Crippen molar-refractivity contribution in [3.05, 3.63) is 42.2 Å². The van der Waals surface area contributed by atoms with Crippen LogP contribution in [0.5, 0.6) is 0 Å². The first-order valence-corrected chi connectivity index (χ1v) is 9.91. The molecule has 0 spiro atoms. The van der Waals surface area contributed by atoms with Gasteiger partial charge in [0.2, 0.25) is 10.0 Å². The molecule has 0 aliphatic carbocycles. The van der Waals surface area contributed by atoms with Crippen LogP contribution in [0, 0.1) is 6.92 Å². The van der Waals surface area contributed by atoms with E-state index in [2.05, 4.69) is 15.3 Å². The number of rotatable bonds is 3. The molecule has 2 heterocycles. The van der Waals surface area contributed by atoms with Gasteiger partial charge in [-0.1, -0.05) is 0 Å². The summed E-state index contributed by atoms with van der Waals surface area (Å²) in [6.45, 7) is 2.51. The van der Waals surface area contributed by atoms with E-state index in [1.54, 1.807) is 18.3 Å². The number of primary sulfonamides is 1. The smallest absolute Gasteiger partial charge is 0.321 e. The highest BCUT2D eigenvalue weighted by Crippen LogP contribution is 2.20. The lowest BCUT2D eigenvalue weighted by atomic mass is 10.1. The van der Waals surface area contributed by atoms with Gasteiger partial charge in [-0.15, -0.1) is 0 Å². The van der Waals surface area contributed by atoms with Gasteiger partial charge in [-0.2, -0.15) is 0 Å². The van der Waals surface area contributed by atoms with Gasteiger partial charge in [-0.3, -0.25) is 0 Å². The average Bonchev–Trinajstić information content (AvgIpc) is 2.62. The zero-order chi connectivity index (χ0) is 18.7. The van der Waals surface area contributed by atoms with Gasteiger partial charge in [0, 0.05) is 36.2 Å². The molecule has 1 fully saturated rings. The monoisotopic (exact) mass is 375 g/mol. The Balaban J connectivity index is 1.66. The number of amides is 2. The number of hydrogen-bond donors (Lipinski definition) is 2. The van der Waals surface area contributed by atoms with Crippen LogP contribution >= 0.6 is 0 Å². The number of urea groups is 1. The largest absolute Gasteiger partial charge is 0.323 e. The Labute approximate surface area is 152 Å². The van der Waals surface area contributed by atoms with Gasteiger partial charge in [0.15, 0.2) is 5.82 Å². The summed E-state index contributed by atoms with van der Waals surface area (Å²) in [6.07, 6.45) is 2.79. The van der Waals surface area contributed by atoms with Gasteiger partial charge in [0.25, 0.3) is 0 Å². The van der Waals surface area contributed by atoms with E-state index in [1.165, 1.54) is 4.90 Å². The second-order valence-corrected chi connectivity index (χ2v) is 8.17. The molecule has 0 bridgehead atoms. The lowest BCUT2D eigenvalue weighted by Gasteiger charge is -2.31. The highest BCUT2D eigenvalue weighted by Gasteiger charge is 2.30. The van der Waals surface area contributed by atoms with Crippen LogP contribution in [-0.4, -0.2) is 47.7 Å². The minimum atomic E-state index is -3.64. The summed E-state index contributed by atoms with van der Waals surface area (Å²) >= 11 is 0. The molecule has 1 saturated heterocycles. The number of benzene rings is 1. The van der Waals surface area contributed by atoms with Gasteiger partial charge >= 0.3 is 6.03 Å². The topological polar surface area (TPSA) is 118 Å². The zero-order valence-corrected chi connectivity index (χ0v) is 15.2. The quantitative estimate of drug-likeness (QED) is 0.847.